The van der Waals surface area contributed by atoms with E-state index in [1.807, 2.05) is 42.6 Å². The van der Waals surface area contributed by atoms with E-state index in [0.717, 1.165) is 17.1 Å². The highest BCUT2D eigenvalue weighted by Crippen LogP contribution is 2.21. The van der Waals surface area contributed by atoms with Crippen molar-refractivity contribution in [3.8, 4) is 11.1 Å². The number of anilines is 2. The average Bonchev–Trinajstić information content (AvgIpc) is 2.49. The minimum absolute atomic E-state index is 0.857. The summed E-state index contributed by atoms with van der Waals surface area (Å²) < 4.78 is 0. The van der Waals surface area contributed by atoms with Crippen LogP contribution in [0.2, 0.25) is 0 Å². The van der Waals surface area contributed by atoms with Gasteiger partial charge < -0.3 is 5.32 Å². The van der Waals surface area contributed by atoms with Crippen molar-refractivity contribution in [3.05, 3.63) is 78.5 Å². The minimum atomic E-state index is 0.857. The van der Waals surface area contributed by atoms with E-state index in [2.05, 4.69) is 47.6 Å². The summed E-state index contributed by atoms with van der Waals surface area (Å²) in [4.78, 5) is 4.47. The molecule has 1 aromatic heterocycles. The zero-order valence-corrected chi connectivity index (χ0v) is 11.4. The molecule has 0 bridgehead atoms. The molecular weight excluding hydrogens is 244 g/mol. The monoisotopic (exact) mass is 260 g/mol. The van der Waals surface area contributed by atoms with Gasteiger partial charge in [-0.2, -0.15) is 0 Å². The number of rotatable bonds is 3. The van der Waals surface area contributed by atoms with Gasteiger partial charge in [-0.15, -0.1) is 0 Å². The van der Waals surface area contributed by atoms with Gasteiger partial charge in [0.05, 0.1) is 0 Å². The molecule has 20 heavy (non-hydrogen) atoms. The number of pyridine rings is 1. The maximum atomic E-state index is 4.47. The van der Waals surface area contributed by atoms with Crippen LogP contribution in [0, 0.1) is 6.92 Å². The quantitative estimate of drug-likeness (QED) is 0.731. The third kappa shape index (κ3) is 2.86. The molecule has 3 rings (SSSR count). The van der Waals surface area contributed by atoms with Crippen LogP contribution in [0.3, 0.4) is 0 Å². The molecule has 2 aromatic carbocycles. The molecule has 0 saturated carbocycles. The van der Waals surface area contributed by atoms with Crippen LogP contribution < -0.4 is 5.32 Å². The number of aromatic nitrogens is 1. The smallest absolute Gasteiger partial charge is 0.130 e. The lowest BCUT2D eigenvalue weighted by Gasteiger charge is -2.07. The predicted octanol–water partition coefficient (Wildman–Crippen LogP) is 4.80. The SMILES string of the molecule is Cc1cccc(Nc2ccc(-c3ccccc3)cn2)c1. The molecule has 0 unspecified atom stereocenters. The van der Waals surface area contributed by atoms with Crippen LogP contribution in [0.5, 0.6) is 0 Å². The molecule has 0 aliphatic rings. The van der Waals surface area contributed by atoms with Crippen molar-refractivity contribution < 1.29 is 0 Å². The molecule has 0 amide bonds. The van der Waals surface area contributed by atoms with Crippen LogP contribution in [0.15, 0.2) is 72.9 Å². The van der Waals surface area contributed by atoms with Crippen molar-refractivity contribution in [2.24, 2.45) is 0 Å². The summed E-state index contributed by atoms with van der Waals surface area (Å²) in [5, 5.41) is 3.31. The second-order valence-electron chi connectivity index (χ2n) is 4.79. The number of nitrogens with one attached hydrogen (secondary N) is 1. The Labute approximate surface area is 119 Å². The fourth-order valence-electron chi connectivity index (χ4n) is 2.14. The van der Waals surface area contributed by atoms with Gasteiger partial charge in [0.25, 0.3) is 0 Å². The first kappa shape index (κ1) is 12.4. The predicted molar refractivity (Wildman–Crippen MR) is 84.1 cm³/mol. The Morgan fingerprint density at radius 2 is 1.65 bits per heavy atom. The van der Waals surface area contributed by atoms with Crippen molar-refractivity contribution in [2.45, 2.75) is 6.92 Å². The molecule has 1 N–H and O–H groups in total. The van der Waals surface area contributed by atoms with Crippen LogP contribution in [-0.4, -0.2) is 4.98 Å². The van der Waals surface area contributed by atoms with E-state index < -0.39 is 0 Å². The number of hydrogen-bond acceptors (Lipinski definition) is 2. The lowest BCUT2D eigenvalue weighted by atomic mass is 10.1. The van der Waals surface area contributed by atoms with E-state index >= 15 is 0 Å². The van der Waals surface area contributed by atoms with Crippen LogP contribution in [0.25, 0.3) is 11.1 Å². The van der Waals surface area contributed by atoms with Crippen molar-refractivity contribution in [1.29, 1.82) is 0 Å². The normalized spacial score (nSPS) is 10.2. The van der Waals surface area contributed by atoms with Crippen molar-refractivity contribution >= 4 is 11.5 Å². The van der Waals surface area contributed by atoms with Crippen LogP contribution >= 0.6 is 0 Å². The van der Waals surface area contributed by atoms with E-state index in [1.165, 1.54) is 11.1 Å². The summed E-state index contributed by atoms with van der Waals surface area (Å²) in [6.45, 7) is 2.08. The van der Waals surface area contributed by atoms with Crippen molar-refractivity contribution in [1.82, 2.24) is 4.98 Å². The van der Waals surface area contributed by atoms with E-state index in [0.29, 0.717) is 0 Å². The van der Waals surface area contributed by atoms with Gasteiger partial charge in [-0.25, -0.2) is 4.98 Å². The van der Waals surface area contributed by atoms with Gasteiger partial charge in [-0.05, 0) is 42.3 Å². The molecule has 3 aromatic rings. The number of hydrogen-bond donors (Lipinski definition) is 1. The largest absolute Gasteiger partial charge is 0.340 e. The molecule has 0 fully saturated rings. The molecule has 0 aliphatic carbocycles. The molecule has 0 aliphatic heterocycles. The Morgan fingerprint density at radius 1 is 0.800 bits per heavy atom. The first-order valence-corrected chi connectivity index (χ1v) is 6.66. The van der Waals surface area contributed by atoms with Gasteiger partial charge in [0.1, 0.15) is 5.82 Å². The zero-order chi connectivity index (χ0) is 13.8. The molecule has 0 radical (unpaired) electrons. The van der Waals surface area contributed by atoms with E-state index in [1.54, 1.807) is 0 Å². The Morgan fingerprint density at radius 3 is 2.35 bits per heavy atom. The molecule has 98 valence electrons. The van der Waals surface area contributed by atoms with E-state index in [-0.39, 0.29) is 0 Å². The Kier molecular flexibility index (Phi) is 3.46. The van der Waals surface area contributed by atoms with E-state index in [4.69, 9.17) is 0 Å². The summed E-state index contributed by atoms with van der Waals surface area (Å²) >= 11 is 0. The standard InChI is InChI=1S/C18H16N2/c1-14-6-5-9-17(12-14)20-18-11-10-16(13-19-18)15-7-3-2-4-8-15/h2-13H,1H3,(H,19,20). The lowest BCUT2D eigenvalue weighted by Crippen LogP contribution is -1.93. The third-order valence-electron chi connectivity index (χ3n) is 3.16. The summed E-state index contributed by atoms with van der Waals surface area (Å²) in [6, 6.07) is 22.6. The Hall–Kier alpha value is -2.61. The zero-order valence-electron chi connectivity index (χ0n) is 11.4. The Bertz CT molecular complexity index is 688. The average molecular weight is 260 g/mol. The fourth-order valence-corrected chi connectivity index (χ4v) is 2.14. The highest BCUT2D eigenvalue weighted by Gasteiger charge is 1.99. The first-order chi connectivity index (χ1) is 9.81. The van der Waals surface area contributed by atoms with Gasteiger partial charge in [-0.1, -0.05) is 42.5 Å². The maximum absolute atomic E-state index is 4.47. The minimum Gasteiger partial charge on any atom is -0.340 e. The maximum Gasteiger partial charge on any atom is 0.130 e. The van der Waals surface area contributed by atoms with E-state index in [9.17, 15) is 0 Å². The van der Waals surface area contributed by atoms with Crippen LogP contribution in [-0.2, 0) is 0 Å². The summed E-state index contributed by atoms with van der Waals surface area (Å²) in [6.07, 6.45) is 1.90. The molecule has 0 atom stereocenters. The van der Waals surface area contributed by atoms with Crippen molar-refractivity contribution in [2.75, 3.05) is 5.32 Å². The second-order valence-corrected chi connectivity index (χ2v) is 4.79. The Balaban J connectivity index is 1.80. The van der Waals surface area contributed by atoms with Crippen molar-refractivity contribution in [3.63, 3.8) is 0 Å². The summed E-state index contributed by atoms with van der Waals surface area (Å²) in [5.74, 6) is 0.857. The number of nitrogens with zero attached hydrogens (tertiary/aromatic N) is 1. The fraction of sp³-hybridized carbons (Fsp3) is 0.0556. The molecule has 0 spiro atoms. The molecule has 0 saturated heterocycles. The van der Waals surface area contributed by atoms with Gasteiger partial charge in [0.15, 0.2) is 0 Å². The highest BCUT2D eigenvalue weighted by molar-refractivity contribution is 5.65. The van der Waals surface area contributed by atoms with Gasteiger partial charge >= 0.3 is 0 Å². The lowest BCUT2D eigenvalue weighted by molar-refractivity contribution is 1.30. The molecular formula is C18H16N2. The first-order valence-electron chi connectivity index (χ1n) is 6.66. The third-order valence-corrected chi connectivity index (χ3v) is 3.16. The van der Waals surface area contributed by atoms with Crippen LogP contribution in [0.4, 0.5) is 11.5 Å². The molecule has 2 heteroatoms. The van der Waals surface area contributed by atoms with Crippen LogP contribution in [0.1, 0.15) is 5.56 Å². The summed E-state index contributed by atoms with van der Waals surface area (Å²) in [7, 11) is 0. The summed E-state index contributed by atoms with van der Waals surface area (Å²) in [5.41, 5.74) is 4.60. The molecule has 2 nitrogen and oxygen atoms in total. The topological polar surface area (TPSA) is 24.9 Å². The highest BCUT2D eigenvalue weighted by atomic mass is 15.0. The number of aryl methyl sites for hydroxylation is 1. The molecule has 1 heterocycles. The number of benzene rings is 2. The van der Waals surface area contributed by atoms with Gasteiger partial charge in [-0.3, -0.25) is 0 Å². The van der Waals surface area contributed by atoms with Gasteiger partial charge in [0.2, 0.25) is 0 Å². The van der Waals surface area contributed by atoms with Gasteiger partial charge in [0, 0.05) is 17.4 Å². The second kappa shape index (κ2) is 5.57.